The van der Waals surface area contributed by atoms with Crippen molar-refractivity contribution in [3.8, 4) is 0 Å². The van der Waals surface area contributed by atoms with Crippen LogP contribution in [0.1, 0.15) is 47.1 Å². The fraction of sp³-hybridized carbons (Fsp3) is 0.733. The first-order chi connectivity index (χ1) is 9.81. The van der Waals surface area contributed by atoms with Gasteiger partial charge in [-0.25, -0.2) is 4.98 Å². The summed E-state index contributed by atoms with van der Waals surface area (Å²) in [6.45, 7) is 4.07. The molecule has 0 bridgehead atoms. The van der Waals surface area contributed by atoms with Gasteiger partial charge in [-0.2, -0.15) is 0 Å². The topological polar surface area (TPSA) is 45.2 Å². The van der Waals surface area contributed by atoms with Crippen molar-refractivity contribution >= 4 is 17.2 Å². The lowest BCUT2D eigenvalue weighted by Gasteiger charge is -2.19. The highest BCUT2D eigenvalue weighted by Gasteiger charge is 2.33. The minimum absolute atomic E-state index is 0.154. The third-order valence-electron chi connectivity index (χ3n) is 4.97. The van der Waals surface area contributed by atoms with Crippen molar-refractivity contribution in [3.63, 3.8) is 0 Å². The predicted molar refractivity (Wildman–Crippen MR) is 79.1 cm³/mol. The number of nitrogens with zero attached hydrogens (tertiary/aromatic N) is 2. The molecule has 20 heavy (non-hydrogen) atoms. The van der Waals surface area contributed by atoms with Gasteiger partial charge in [0.1, 0.15) is 5.69 Å². The summed E-state index contributed by atoms with van der Waals surface area (Å²) >= 11 is 1.67. The van der Waals surface area contributed by atoms with Crippen LogP contribution in [-0.2, 0) is 0 Å². The molecule has 4 nitrogen and oxygen atoms in total. The number of hydrogen-bond donors (Lipinski definition) is 1. The fourth-order valence-corrected chi connectivity index (χ4v) is 4.45. The van der Waals surface area contributed by atoms with Crippen LogP contribution >= 0.6 is 11.3 Å². The molecule has 1 aliphatic carbocycles. The van der Waals surface area contributed by atoms with Gasteiger partial charge in [-0.15, -0.1) is 11.3 Å². The largest absolute Gasteiger partial charge is 0.337 e. The van der Waals surface area contributed by atoms with Crippen molar-refractivity contribution in [1.29, 1.82) is 0 Å². The van der Waals surface area contributed by atoms with Crippen LogP contribution < -0.4 is 5.32 Å². The quantitative estimate of drug-likeness (QED) is 0.907. The summed E-state index contributed by atoms with van der Waals surface area (Å²) in [5.74, 6) is 2.34. The maximum Gasteiger partial charge on any atom is 0.273 e. The molecular formula is C15H21N3OS. The Morgan fingerprint density at radius 1 is 1.20 bits per heavy atom. The van der Waals surface area contributed by atoms with E-state index in [0.717, 1.165) is 50.9 Å². The Morgan fingerprint density at radius 3 is 2.55 bits per heavy atom. The number of fused-ring (bicyclic) bond motifs is 1. The molecule has 3 fully saturated rings. The van der Waals surface area contributed by atoms with E-state index in [1.807, 2.05) is 10.3 Å². The molecule has 1 aromatic rings. The van der Waals surface area contributed by atoms with Gasteiger partial charge < -0.3 is 10.2 Å². The van der Waals surface area contributed by atoms with Gasteiger partial charge in [0.05, 0.1) is 5.01 Å². The molecule has 0 radical (unpaired) electrons. The smallest absolute Gasteiger partial charge is 0.273 e. The van der Waals surface area contributed by atoms with Crippen molar-refractivity contribution in [2.45, 2.75) is 31.6 Å². The number of carbonyl (C=O) groups is 1. The van der Waals surface area contributed by atoms with Crippen LogP contribution in [0.5, 0.6) is 0 Å². The van der Waals surface area contributed by atoms with Gasteiger partial charge in [-0.1, -0.05) is 0 Å². The first-order valence-corrected chi connectivity index (χ1v) is 8.64. The number of hydrogen-bond acceptors (Lipinski definition) is 4. The molecule has 0 spiro atoms. The van der Waals surface area contributed by atoms with Gasteiger partial charge in [-0.3, -0.25) is 4.79 Å². The summed E-state index contributed by atoms with van der Waals surface area (Å²) < 4.78 is 0. The third-order valence-corrected chi connectivity index (χ3v) is 5.98. The Morgan fingerprint density at radius 2 is 1.90 bits per heavy atom. The van der Waals surface area contributed by atoms with Crippen LogP contribution in [0.3, 0.4) is 0 Å². The monoisotopic (exact) mass is 291 g/mol. The molecule has 1 N–H and O–H groups in total. The number of thiazole rings is 1. The van der Waals surface area contributed by atoms with E-state index < -0.39 is 0 Å². The van der Waals surface area contributed by atoms with Gasteiger partial charge in [0.25, 0.3) is 5.91 Å². The van der Waals surface area contributed by atoms with Crippen molar-refractivity contribution in [1.82, 2.24) is 15.2 Å². The van der Waals surface area contributed by atoms with Gasteiger partial charge in [0, 0.05) is 24.4 Å². The van der Waals surface area contributed by atoms with E-state index in [1.165, 1.54) is 17.8 Å². The summed E-state index contributed by atoms with van der Waals surface area (Å²) in [4.78, 5) is 19.2. The molecule has 2 saturated heterocycles. The fourth-order valence-electron chi connectivity index (χ4n) is 3.49. The van der Waals surface area contributed by atoms with Gasteiger partial charge in [0.2, 0.25) is 0 Å². The molecule has 1 amide bonds. The maximum absolute atomic E-state index is 12.6. The third kappa shape index (κ3) is 2.37. The number of carbonyl (C=O) groups excluding carboxylic acids is 1. The highest BCUT2D eigenvalue weighted by molar-refractivity contribution is 7.10. The minimum Gasteiger partial charge on any atom is -0.337 e. The molecule has 4 rings (SSSR count). The van der Waals surface area contributed by atoms with Crippen molar-refractivity contribution in [2.24, 2.45) is 11.8 Å². The van der Waals surface area contributed by atoms with E-state index in [4.69, 9.17) is 0 Å². The van der Waals surface area contributed by atoms with Gasteiger partial charge >= 0.3 is 0 Å². The lowest BCUT2D eigenvalue weighted by Crippen LogP contribution is -2.33. The van der Waals surface area contributed by atoms with E-state index in [-0.39, 0.29) is 5.91 Å². The van der Waals surface area contributed by atoms with Gasteiger partial charge in [0.15, 0.2) is 0 Å². The lowest BCUT2D eigenvalue weighted by molar-refractivity contribution is 0.0753. The number of rotatable bonds is 2. The van der Waals surface area contributed by atoms with E-state index in [2.05, 4.69) is 10.3 Å². The zero-order chi connectivity index (χ0) is 13.5. The van der Waals surface area contributed by atoms with E-state index in [0.29, 0.717) is 11.6 Å². The maximum atomic E-state index is 12.6. The summed E-state index contributed by atoms with van der Waals surface area (Å²) in [5, 5.41) is 6.61. The van der Waals surface area contributed by atoms with Crippen LogP contribution in [0.2, 0.25) is 0 Å². The average molecular weight is 291 g/mol. The molecule has 0 aromatic carbocycles. The predicted octanol–water partition coefficient (Wildman–Crippen LogP) is 2.09. The SMILES string of the molecule is O=C(c1csc(C2CC2)n1)N1CC[C@@H]2CNC[C@@H]2CC1. The normalized spacial score (nSPS) is 30.1. The summed E-state index contributed by atoms with van der Waals surface area (Å²) in [6.07, 6.45) is 4.79. The van der Waals surface area contributed by atoms with Crippen molar-refractivity contribution in [3.05, 3.63) is 16.1 Å². The van der Waals surface area contributed by atoms with E-state index >= 15 is 0 Å². The molecule has 3 aliphatic rings. The second-order valence-electron chi connectivity index (χ2n) is 6.39. The van der Waals surface area contributed by atoms with E-state index in [1.54, 1.807) is 11.3 Å². The molecule has 2 atom stereocenters. The molecule has 3 heterocycles. The minimum atomic E-state index is 0.154. The molecule has 2 aliphatic heterocycles. The van der Waals surface area contributed by atoms with Crippen LogP contribution in [0, 0.1) is 11.8 Å². The highest BCUT2D eigenvalue weighted by Crippen LogP contribution is 2.41. The van der Waals surface area contributed by atoms with Crippen LogP contribution in [0.15, 0.2) is 5.38 Å². The lowest BCUT2D eigenvalue weighted by atomic mass is 9.92. The van der Waals surface area contributed by atoms with E-state index in [9.17, 15) is 4.79 Å². The summed E-state index contributed by atoms with van der Waals surface area (Å²) in [5.41, 5.74) is 0.682. The molecule has 0 unspecified atom stereocenters. The van der Waals surface area contributed by atoms with Crippen molar-refractivity contribution in [2.75, 3.05) is 26.2 Å². The zero-order valence-electron chi connectivity index (χ0n) is 11.7. The summed E-state index contributed by atoms with van der Waals surface area (Å²) in [7, 11) is 0. The second kappa shape index (κ2) is 5.11. The Hall–Kier alpha value is -0.940. The van der Waals surface area contributed by atoms with Crippen LogP contribution in [0.4, 0.5) is 0 Å². The number of nitrogens with one attached hydrogen (secondary N) is 1. The van der Waals surface area contributed by atoms with Gasteiger partial charge in [-0.05, 0) is 50.6 Å². The first kappa shape index (κ1) is 12.8. The average Bonchev–Trinajstić information content (AvgIpc) is 3.09. The molecule has 108 valence electrons. The molecule has 1 aromatic heterocycles. The standard InChI is InChI=1S/C15H21N3OS/c19-15(13-9-20-14(17-13)10-1-2-10)18-5-3-11-7-16-8-12(11)4-6-18/h9-12,16H,1-8H2/t11-,12+. The number of amides is 1. The van der Waals surface area contributed by atoms with Crippen LogP contribution in [0.25, 0.3) is 0 Å². The zero-order valence-corrected chi connectivity index (χ0v) is 12.5. The molecule has 1 saturated carbocycles. The molecule has 5 heteroatoms. The summed E-state index contributed by atoms with van der Waals surface area (Å²) in [6, 6.07) is 0. The Labute approximate surface area is 123 Å². The number of aromatic nitrogens is 1. The Balaban J connectivity index is 1.44. The second-order valence-corrected chi connectivity index (χ2v) is 7.28. The first-order valence-electron chi connectivity index (χ1n) is 7.76. The Kier molecular flexibility index (Phi) is 3.27. The Bertz CT molecular complexity index is 497. The van der Waals surface area contributed by atoms with Crippen LogP contribution in [-0.4, -0.2) is 42.0 Å². The number of likely N-dealkylation sites (tertiary alicyclic amines) is 1. The highest BCUT2D eigenvalue weighted by atomic mass is 32.1. The van der Waals surface area contributed by atoms with Crippen molar-refractivity contribution < 1.29 is 4.79 Å². The molecular weight excluding hydrogens is 270 g/mol.